The molecular formula is C40H24O. The molecule has 0 spiro atoms. The number of rotatable bonds is 3. The predicted molar refractivity (Wildman–Crippen MR) is 174 cm³/mol. The third kappa shape index (κ3) is 3.30. The second kappa shape index (κ2) is 8.55. The van der Waals surface area contributed by atoms with Gasteiger partial charge in [-0.25, -0.2) is 0 Å². The molecule has 0 aliphatic heterocycles. The summed E-state index contributed by atoms with van der Waals surface area (Å²) in [5.74, 6) is 0. The van der Waals surface area contributed by atoms with Crippen LogP contribution < -0.4 is 0 Å². The molecule has 0 N–H and O–H groups in total. The van der Waals surface area contributed by atoms with Crippen LogP contribution in [0.25, 0.3) is 87.6 Å². The van der Waals surface area contributed by atoms with E-state index in [0.29, 0.717) is 0 Å². The second-order valence-corrected chi connectivity index (χ2v) is 10.9. The van der Waals surface area contributed by atoms with Gasteiger partial charge in [-0.3, -0.25) is 0 Å². The van der Waals surface area contributed by atoms with Crippen LogP contribution in [0, 0.1) is 0 Å². The van der Waals surface area contributed by atoms with Crippen LogP contribution in [0.1, 0.15) is 0 Å². The van der Waals surface area contributed by atoms with Crippen LogP contribution in [0.2, 0.25) is 0 Å². The highest BCUT2D eigenvalue weighted by Crippen LogP contribution is 2.45. The molecule has 1 nitrogen and oxygen atoms in total. The minimum Gasteiger partial charge on any atom is -0.455 e. The van der Waals surface area contributed by atoms with Gasteiger partial charge in [0.25, 0.3) is 0 Å². The number of fused-ring (bicyclic) bond motifs is 3. The van der Waals surface area contributed by atoms with E-state index in [0.717, 1.165) is 33.1 Å². The van der Waals surface area contributed by atoms with E-state index in [-0.39, 0.29) is 0 Å². The minimum absolute atomic E-state index is 0.917. The summed E-state index contributed by atoms with van der Waals surface area (Å²) in [6.45, 7) is 0. The number of furan rings is 1. The van der Waals surface area contributed by atoms with Crippen molar-refractivity contribution in [2.24, 2.45) is 0 Å². The van der Waals surface area contributed by atoms with Gasteiger partial charge in [-0.1, -0.05) is 127 Å². The van der Waals surface area contributed by atoms with Crippen molar-refractivity contribution in [1.82, 2.24) is 0 Å². The van der Waals surface area contributed by atoms with Crippen molar-refractivity contribution in [2.45, 2.75) is 0 Å². The molecule has 0 unspecified atom stereocenters. The molecule has 1 heteroatoms. The van der Waals surface area contributed by atoms with Crippen LogP contribution in [0.4, 0.5) is 0 Å². The van der Waals surface area contributed by atoms with Crippen molar-refractivity contribution in [3.05, 3.63) is 146 Å². The molecule has 0 amide bonds. The molecule has 0 bridgehead atoms. The summed E-state index contributed by atoms with van der Waals surface area (Å²) in [7, 11) is 0. The van der Waals surface area contributed by atoms with E-state index in [1.54, 1.807) is 0 Å². The number of hydrogen-bond donors (Lipinski definition) is 0. The second-order valence-electron chi connectivity index (χ2n) is 10.9. The molecule has 0 aliphatic rings. The van der Waals surface area contributed by atoms with Gasteiger partial charge < -0.3 is 4.42 Å². The molecular weight excluding hydrogens is 496 g/mol. The Labute approximate surface area is 237 Å². The Morgan fingerprint density at radius 3 is 1.54 bits per heavy atom. The average Bonchev–Trinajstić information content (AvgIpc) is 3.42. The van der Waals surface area contributed by atoms with E-state index >= 15 is 0 Å². The van der Waals surface area contributed by atoms with Crippen molar-refractivity contribution in [3.8, 4) is 33.4 Å². The monoisotopic (exact) mass is 520 g/mol. The molecule has 8 aromatic carbocycles. The number of benzene rings is 8. The van der Waals surface area contributed by atoms with Crippen LogP contribution in [-0.2, 0) is 0 Å². The fourth-order valence-electron chi connectivity index (χ4n) is 6.74. The standard InChI is InChI=1S/C40H24O/c1-3-9-25(10-4-1)30-19-15-27-18-22-34-31(20-16-28-17-21-33(30)38(27)39(28)34)29-23-35(26-11-5-2-6-12-26)40-36(24-29)32-13-7-8-14-37(32)41-40/h1-24H. The molecule has 1 heterocycles. The maximum atomic E-state index is 6.46. The fourth-order valence-corrected chi connectivity index (χ4v) is 6.74. The Bertz CT molecular complexity index is 2400. The molecule has 0 fully saturated rings. The Morgan fingerprint density at radius 2 is 0.878 bits per heavy atom. The zero-order valence-electron chi connectivity index (χ0n) is 22.3. The molecule has 0 aliphatic carbocycles. The van der Waals surface area contributed by atoms with Gasteiger partial charge in [0.05, 0.1) is 0 Å². The Morgan fingerprint density at radius 1 is 0.341 bits per heavy atom. The number of hydrogen-bond acceptors (Lipinski definition) is 1. The molecule has 0 saturated heterocycles. The SMILES string of the molecule is c1ccc(-c2ccc3ccc4c(-c5cc(-c6ccccc6)c6oc7ccccc7c6c5)ccc5ccc2c3c54)cc1. The van der Waals surface area contributed by atoms with Crippen molar-refractivity contribution >= 4 is 54.3 Å². The summed E-state index contributed by atoms with van der Waals surface area (Å²) >= 11 is 0. The summed E-state index contributed by atoms with van der Waals surface area (Å²) in [5.41, 5.74) is 9.08. The van der Waals surface area contributed by atoms with E-state index in [4.69, 9.17) is 4.42 Å². The summed E-state index contributed by atoms with van der Waals surface area (Å²) < 4.78 is 6.46. The van der Waals surface area contributed by atoms with Gasteiger partial charge in [0.15, 0.2) is 0 Å². The van der Waals surface area contributed by atoms with Gasteiger partial charge in [-0.2, -0.15) is 0 Å². The van der Waals surface area contributed by atoms with Crippen LogP contribution in [0.15, 0.2) is 150 Å². The molecule has 9 aromatic rings. The lowest BCUT2D eigenvalue weighted by Crippen LogP contribution is -1.90. The third-order valence-corrected chi connectivity index (χ3v) is 8.62. The first-order valence-electron chi connectivity index (χ1n) is 14.1. The van der Waals surface area contributed by atoms with Gasteiger partial charge in [-0.05, 0) is 78.3 Å². The normalized spacial score (nSPS) is 11.9. The molecule has 0 atom stereocenters. The van der Waals surface area contributed by atoms with Gasteiger partial charge in [0.2, 0.25) is 0 Å². The maximum absolute atomic E-state index is 6.46. The summed E-state index contributed by atoms with van der Waals surface area (Å²) in [6, 6.07) is 52.6. The molecule has 1 aromatic heterocycles. The van der Waals surface area contributed by atoms with E-state index < -0.39 is 0 Å². The first-order valence-corrected chi connectivity index (χ1v) is 14.1. The maximum Gasteiger partial charge on any atom is 0.143 e. The highest BCUT2D eigenvalue weighted by atomic mass is 16.3. The van der Waals surface area contributed by atoms with Crippen LogP contribution in [-0.4, -0.2) is 0 Å². The molecule has 41 heavy (non-hydrogen) atoms. The quantitative estimate of drug-likeness (QED) is 0.211. The molecule has 190 valence electrons. The Kier molecular flexibility index (Phi) is 4.67. The average molecular weight is 521 g/mol. The van der Waals surface area contributed by atoms with Gasteiger partial charge in [-0.15, -0.1) is 0 Å². The molecule has 0 saturated carbocycles. The summed E-state index contributed by atoms with van der Waals surface area (Å²) in [4.78, 5) is 0. The highest BCUT2D eigenvalue weighted by molar-refractivity contribution is 6.28. The van der Waals surface area contributed by atoms with E-state index in [9.17, 15) is 0 Å². The molecule has 0 radical (unpaired) electrons. The predicted octanol–water partition coefficient (Wildman–Crippen LogP) is 11.5. The van der Waals surface area contributed by atoms with Crippen molar-refractivity contribution in [1.29, 1.82) is 0 Å². The zero-order chi connectivity index (χ0) is 26.9. The summed E-state index contributed by atoms with van der Waals surface area (Å²) in [5, 5.41) is 10.1. The lowest BCUT2D eigenvalue weighted by atomic mass is 9.86. The van der Waals surface area contributed by atoms with Gasteiger partial charge in [0.1, 0.15) is 11.2 Å². The van der Waals surface area contributed by atoms with Crippen molar-refractivity contribution in [3.63, 3.8) is 0 Å². The lowest BCUT2D eigenvalue weighted by molar-refractivity contribution is 0.670. The van der Waals surface area contributed by atoms with Crippen LogP contribution in [0.5, 0.6) is 0 Å². The van der Waals surface area contributed by atoms with E-state index in [1.165, 1.54) is 54.6 Å². The first kappa shape index (κ1) is 22.4. The zero-order valence-corrected chi connectivity index (χ0v) is 22.3. The smallest absolute Gasteiger partial charge is 0.143 e. The van der Waals surface area contributed by atoms with Gasteiger partial charge >= 0.3 is 0 Å². The topological polar surface area (TPSA) is 13.1 Å². The third-order valence-electron chi connectivity index (χ3n) is 8.62. The Balaban J connectivity index is 1.37. The van der Waals surface area contributed by atoms with Crippen LogP contribution >= 0.6 is 0 Å². The minimum atomic E-state index is 0.917. The molecule has 9 rings (SSSR count). The lowest BCUT2D eigenvalue weighted by Gasteiger charge is -2.17. The van der Waals surface area contributed by atoms with Crippen molar-refractivity contribution < 1.29 is 4.42 Å². The largest absolute Gasteiger partial charge is 0.455 e. The van der Waals surface area contributed by atoms with Crippen molar-refractivity contribution in [2.75, 3.05) is 0 Å². The van der Waals surface area contributed by atoms with Gasteiger partial charge in [0, 0.05) is 16.3 Å². The number of para-hydroxylation sites is 1. The van der Waals surface area contributed by atoms with Crippen LogP contribution in [0.3, 0.4) is 0 Å². The van der Waals surface area contributed by atoms with E-state index in [1.807, 2.05) is 6.07 Å². The fraction of sp³-hybridized carbons (Fsp3) is 0. The first-order chi connectivity index (χ1) is 20.3. The van der Waals surface area contributed by atoms with E-state index in [2.05, 4.69) is 140 Å². The summed E-state index contributed by atoms with van der Waals surface area (Å²) in [6.07, 6.45) is 0. The Hall–Kier alpha value is -5.40. The highest BCUT2D eigenvalue weighted by Gasteiger charge is 2.18.